The second-order valence-electron chi connectivity index (χ2n) is 5.65. The van der Waals surface area contributed by atoms with Crippen molar-refractivity contribution in [1.29, 1.82) is 0 Å². The lowest BCUT2D eigenvalue weighted by atomic mass is 10.1. The van der Waals surface area contributed by atoms with E-state index in [2.05, 4.69) is 45.0 Å². The molecule has 0 atom stereocenters. The molecule has 0 saturated heterocycles. The molecule has 0 radical (unpaired) electrons. The maximum absolute atomic E-state index is 5.44. The van der Waals surface area contributed by atoms with Crippen LogP contribution in [0.3, 0.4) is 0 Å². The van der Waals surface area contributed by atoms with Gasteiger partial charge >= 0.3 is 0 Å². The van der Waals surface area contributed by atoms with E-state index in [1.807, 2.05) is 13.0 Å². The summed E-state index contributed by atoms with van der Waals surface area (Å²) in [4.78, 5) is 8.75. The third-order valence-corrected chi connectivity index (χ3v) is 4.67. The summed E-state index contributed by atoms with van der Waals surface area (Å²) in [5, 5.41) is 9.96. The summed E-state index contributed by atoms with van der Waals surface area (Å²) in [7, 11) is 3.48. The number of nitrogens with zero attached hydrogens (tertiary/aromatic N) is 2. The summed E-state index contributed by atoms with van der Waals surface area (Å²) in [6, 6.07) is 6.22. The van der Waals surface area contributed by atoms with Gasteiger partial charge in [-0.05, 0) is 31.9 Å². The molecule has 0 bridgehead atoms. The van der Waals surface area contributed by atoms with Crippen molar-refractivity contribution in [3.05, 3.63) is 45.4 Å². The monoisotopic (exact) mass is 474 g/mol. The summed E-state index contributed by atoms with van der Waals surface area (Å²) in [5.41, 5.74) is 3.41. The predicted octanol–water partition coefficient (Wildman–Crippen LogP) is 3.68. The van der Waals surface area contributed by atoms with Crippen LogP contribution >= 0.6 is 35.3 Å². The fourth-order valence-corrected chi connectivity index (χ4v) is 3.18. The van der Waals surface area contributed by atoms with Crippen LogP contribution in [0.25, 0.3) is 0 Å². The second-order valence-corrected chi connectivity index (χ2v) is 6.60. The van der Waals surface area contributed by atoms with Crippen molar-refractivity contribution >= 4 is 41.3 Å². The van der Waals surface area contributed by atoms with Gasteiger partial charge in [-0.3, -0.25) is 4.99 Å². The topological polar surface area (TPSA) is 58.5 Å². The third kappa shape index (κ3) is 7.19. The quantitative estimate of drug-likeness (QED) is 0.278. The Hall–Kier alpha value is -1.35. The number of aliphatic imine (C=N–C) groups is 1. The van der Waals surface area contributed by atoms with Crippen LogP contribution in [0, 0.1) is 13.8 Å². The molecule has 0 saturated carbocycles. The van der Waals surface area contributed by atoms with E-state index in [1.54, 1.807) is 25.5 Å². The number of nitrogens with one attached hydrogen (secondary N) is 2. The van der Waals surface area contributed by atoms with E-state index in [0.29, 0.717) is 6.54 Å². The fraction of sp³-hybridized carbons (Fsp3) is 0.444. The van der Waals surface area contributed by atoms with Crippen LogP contribution < -0.4 is 15.4 Å². The minimum atomic E-state index is 0. The third-order valence-electron chi connectivity index (χ3n) is 3.64. The van der Waals surface area contributed by atoms with Crippen LogP contribution in [-0.4, -0.2) is 31.6 Å². The van der Waals surface area contributed by atoms with Crippen LogP contribution in [0.5, 0.6) is 5.75 Å². The molecule has 0 aliphatic carbocycles. The molecule has 7 heteroatoms. The Labute approximate surface area is 171 Å². The first-order valence-electron chi connectivity index (χ1n) is 8.11. The highest BCUT2D eigenvalue weighted by Gasteiger charge is 2.05. The number of hydrogen-bond acceptors (Lipinski definition) is 4. The molecule has 2 N–H and O–H groups in total. The van der Waals surface area contributed by atoms with Crippen LogP contribution in [0.4, 0.5) is 0 Å². The Balaban J connectivity index is 0.00000312. The lowest BCUT2D eigenvalue weighted by Crippen LogP contribution is -2.37. The number of thiazole rings is 1. The van der Waals surface area contributed by atoms with Crippen LogP contribution in [0.1, 0.15) is 28.2 Å². The van der Waals surface area contributed by atoms with Gasteiger partial charge in [-0.15, -0.1) is 35.3 Å². The molecule has 0 fully saturated rings. The molecular formula is C18H27IN4OS. The first kappa shape index (κ1) is 21.7. The largest absolute Gasteiger partial charge is 0.496 e. The van der Waals surface area contributed by atoms with E-state index in [1.165, 1.54) is 10.6 Å². The maximum atomic E-state index is 5.44. The molecule has 0 amide bonds. The Morgan fingerprint density at radius 1 is 1.28 bits per heavy atom. The minimum Gasteiger partial charge on any atom is -0.496 e. The molecule has 2 aromatic rings. The lowest BCUT2D eigenvalue weighted by Gasteiger charge is -2.14. The zero-order valence-electron chi connectivity index (χ0n) is 15.3. The zero-order valence-corrected chi connectivity index (χ0v) is 18.4. The van der Waals surface area contributed by atoms with Crippen molar-refractivity contribution < 1.29 is 4.74 Å². The number of methoxy groups -OCH3 is 1. The van der Waals surface area contributed by atoms with E-state index in [9.17, 15) is 0 Å². The second kappa shape index (κ2) is 11.3. The smallest absolute Gasteiger partial charge is 0.191 e. The van der Waals surface area contributed by atoms with Crippen molar-refractivity contribution in [3.63, 3.8) is 0 Å². The van der Waals surface area contributed by atoms with E-state index in [-0.39, 0.29) is 24.0 Å². The van der Waals surface area contributed by atoms with Crippen molar-refractivity contribution in [2.45, 2.75) is 33.2 Å². The molecule has 1 heterocycles. The summed E-state index contributed by atoms with van der Waals surface area (Å²) >= 11 is 1.73. The number of hydrogen-bond donors (Lipinski definition) is 2. The van der Waals surface area contributed by atoms with Crippen LogP contribution in [-0.2, 0) is 13.0 Å². The van der Waals surface area contributed by atoms with Gasteiger partial charge < -0.3 is 15.4 Å². The van der Waals surface area contributed by atoms with Gasteiger partial charge in [-0.25, -0.2) is 4.98 Å². The van der Waals surface area contributed by atoms with Gasteiger partial charge in [-0.2, -0.15) is 0 Å². The zero-order chi connectivity index (χ0) is 17.4. The Kier molecular flexibility index (Phi) is 9.81. The van der Waals surface area contributed by atoms with Gasteiger partial charge in [0, 0.05) is 43.2 Å². The molecule has 0 aliphatic heterocycles. The molecule has 0 aliphatic rings. The van der Waals surface area contributed by atoms with Gasteiger partial charge in [0.25, 0.3) is 0 Å². The number of aromatic nitrogens is 1. The number of aryl methyl sites for hydroxylation is 3. The summed E-state index contributed by atoms with van der Waals surface area (Å²) < 4.78 is 5.44. The van der Waals surface area contributed by atoms with Crippen molar-refractivity contribution in [2.24, 2.45) is 4.99 Å². The highest BCUT2D eigenvalue weighted by atomic mass is 127. The highest BCUT2D eigenvalue weighted by Crippen LogP contribution is 2.19. The Morgan fingerprint density at radius 3 is 2.72 bits per heavy atom. The number of rotatable bonds is 7. The molecular weight excluding hydrogens is 447 g/mol. The van der Waals surface area contributed by atoms with Gasteiger partial charge in [0.2, 0.25) is 0 Å². The predicted molar refractivity (Wildman–Crippen MR) is 117 cm³/mol. The van der Waals surface area contributed by atoms with Gasteiger partial charge in [-0.1, -0.05) is 12.1 Å². The fourth-order valence-electron chi connectivity index (χ4n) is 2.36. The first-order valence-corrected chi connectivity index (χ1v) is 8.99. The van der Waals surface area contributed by atoms with Gasteiger partial charge in [0.05, 0.1) is 12.1 Å². The van der Waals surface area contributed by atoms with Crippen molar-refractivity contribution in [2.75, 3.05) is 20.7 Å². The summed E-state index contributed by atoms with van der Waals surface area (Å²) in [6.45, 7) is 5.63. The van der Waals surface area contributed by atoms with E-state index >= 15 is 0 Å². The highest BCUT2D eigenvalue weighted by molar-refractivity contribution is 14.0. The van der Waals surface area contributed by atoms with Crippen LogP contribution in [0.2, 0.25) is 0 Å². The molecule has 1 aromatic heterocycles. The maximum Gasteiger partial charge on any atom is 0.191 e. The van der Waals surface area contributed by atoms with Crippen molar-refractivity contribution in [1.82, 2.24) is 15.6 Å². The Bertz CT molecular complexity index is 687. The van der Waals surface area contributed by atoms with Gasteiger partial charge in [0.15, 0.2) is 5.96 Å². The minimum absolute atomic E-state index is 0. The normalized spacial score (nSPS) is 11.0. The number of ether oxygens (including phenoxy) is 1. The molecule has 5 nitrogen and oxygen atoms in total. The van der Waals surface area contributed by atoms with Crippen LogP contribution in [0.15, 0.2) is 28.6 Å². The van der Waals surface area contributed by atoms with E-state index in [0.717, 1.165) is 42.4 Å². The average molecular weight is 474 g/mol. The molecule has 0 spiro atoms. The summed E-state index contributed by atoms with van der Waals surface area (Å²) in [5.74, 6) is 1.70. The van der Waals surface area contributed by atoms with Crippen molar-refractivity contribution in [3.8, 4) is 5.75 Å². The number of halogens is 1. The SMILES string of the molecule is CN=C(NCCCc1nc(C)cs1)NCc1ccc(C)cc1OC.I. The molecule has 2 rings (SSSR count). The first-order chi connectivity index (χ1) is 11.6. The van der Waals surface area contributed by atoms with E-state index in [4.69, 9.17) is 4.74 Å². The number of guanidine groups is 1. The Morgan fingerprint density at radius 2 is 2.08 bits per heavy atom. The average Bonchev–Trinajstić information content (AvgIpc) is 3.00. The standard InChI is InChI=1S/C18H26N4OS.HI/c1-13-7-8-15(16(10-13)23-4)11-21-18(19-3)20-9-5-6-17-22-14(2)12-24-17;/h7-8,10,12H,5-6,9,11H2,1-4H3,(H2,19,20,21);1H. The van der Waals surface area contributed by atoms with Gasteiger partial charge in [0.1, 0.15) is 5.75 Å². The molecule has 0 unspecified atom stereocenters. The molecule has 1 aromatic carbocycles. The summed E-state index contributed by atoms with van der Waals surface area (Å²) in [6.07, 6.45) is 2.02. The lowest BCUT2D eigenvalue weighted by molar-refractivity contribution is 0.408. The molecule has 25 heavy (non-hydrogen) atoms. The molecule has 138 valence electrons. The number of benzene rings is 1. The van der Waals surface area contributed by atoms with E-state index < -0.39 is 0 Å².